The maximum atomic E-state index is 6.81. The van der Waals surface area contributed by atoms with Crippen LogP contribution in [0.15, 0.2) is 195 Å². The van der Waals surface area contributed by atoms with E-state index in [4.69, 9.17) is 28.2 Å². The standard InChI is InChI=1S/C55H30N4O3.C3H8/c1-2-12-34-31(11-1)25-28-47-50(34)43-19-10-18-42(52(43)62-47)41-17-9-16-40-35-13-3-6-20-44(35)59(51(40)41)55-57-53(32-23-26-38-36-14-4-7-21-45(36)60-48(38)29-32)56-54(58-55)33-24-27-39-37-15-5-8-22-46(37)61-49(39)30-33;1-3-2/h1-30H;3H2,1-2H3. The van der Waals surface area contributed by atoms with Gasteiger partial charge >= 0.3 is 0 Å². The second-order valence-electron chi connectivity index (χ2n) is 16.6. The zero-order chi connectivity index (χ0) is 43.2. The van der Waals surface area contributed by atoms with Crippen LogP contribution < -0.4 is 0 Å². The Morgan fingerprint density at radius 2 is 0.938 bits per heavy atom. The first kappa shape index (κ1) is 37.0. The number of benzene rings is 9. The molecular weight excluding hydrogens is 801 g/mol. The van der Waals surface area contributed by atoms with Crippen molar-refractivity contribution in [1.29, 1.82) is 0 Å². The van der Waals surface area contributed by atoms with Crippen LogP contribution in [0.25, 0.3) is 138 Å². The van der Waals surface area contributed by atoms with Gasteiger partial charge in [0, 0.05) is 65.3 Å². The molecule has 7 heteroatoms. The van der Waals surface area contributed by atoms with Gasteiger partial charge in [-0.3, -0.25) is 4.57 Å². The van der Waals surface area contributed by atoms with Crippen molar-refractivity contribution >= 4 is 98.4 Å². The number of hydrogen-bond donors (Lipinski definition) is 0. The van der Waals surface area contributed by atoms with Crippen molar-refractivity contribution in [2.75, 3.05) is 0 Å². The first-order valence-corrected chi connectivity index (χ1v) is 22.1. The van der Waals surface area contributed by atoms with Crippen molar-refractivity contribution < 1.29 is 13.3 Å². The molecule has 308 valence electrons. The Balaban J connectivity index is 0.00000138. The molecule has 0 fully saturated rings. The molecule has 0 spiro atoms. The predicted octanol–water partition coefficient (Wildman–Crippen LogP) is 16.2. The number of para-hydroxylation sites is 5. The molecule has 7 nitrogen and oxygen atoms in total. The molecule has 0 saturated carbocycles. The molecule has 0 N–H and O–H groups in total. The second kappa shape index (κ2) is 14.5. The fourth-order valence-corrected chi connectivity index (χ4v) is 9.68. The van der Waals surface area contributed by atoms with Crippen molar-refractivity contribution in [2.45, 2.75) is 20.3 Å². The minimum Gasteiger partial charge on any atom is -0.456 e. The summed E-state index contributed by atoms with van der Waals surface area (Å²) in [4.78, 5) is 15.9. The van der Waals surface area contributed by atoms with Gasteiger partial charge in [0.25, 0.3) is 0 Å². The Kier molecular flexibility index (Phi) is 8.27. The highest BCUT2D eigenvalue weighted by atomic mass is 16.3. The van der Waals surface area contributed by atoms with E-state index in [9.17, 15) is 0 Å². The summed E-state index contributed by atoms with van der Waals surface area (Å²) in [5, 5.41) is 10.9. The number of nitrogens with zero attached hydrogens (tertiary/aromatic N) is 4. The van der Waals surface area contributed by atoms with E-state index in [1.165, 1.54) is 17.2 Å². The minimum atomic E-state index is 0.487. The third-order valence-corrected chi connectivity index (χ3v) is 12.5. The Labute approximate surface area is 371 Å². The topological polar surface area (TPSA) is 83.0 Å². The van der Waals surface area contributed by atoms with Gasteiger partial charge in [-0.15, -0.1) is 0 Å². The zero-order valence-corrected chi connectivity index (χ0v) is 35.5. The van der Waals surface area contributed by atoms with Crippen LogP contribution in [0.1, 0.15) is 20.3 Å². The summed E-state index contributed by atoms with van der Waals surface area (Å²) < 4.78 is 21.7. The smallest absolute Gasteiger partial charge is 0.238 e. The van der Waals surface area contributed by atoms with Crippen molar-refractivity contribution in [2.24, 2.45) is 0 Å². The Bertz CT molecular complexity index is 4070. The molecule has 0 aliphatic carbocycles. The molecule has 0 aliphatic heterocycles. The third-order valence-electron chi connectivity index (χ3n) is 12.5. The number of aromatic nitrogens is 4. The quantitative estimate of drug-likeness (QED) is 0.176. The van der Waals surface area contributed by atoms with Crippen molar-refractivity contribution in [1.82, 2.24) is 19.5 Å². The summed E-state index contributed by atoms with van der Waals surface area (Å²) in [6.45, 7) is 4.25. The monoisotopic (exact) mass is 838 g/mol. The van der Waals surface area contributed by atoms with E-state index in [1.54, 1.807) is 0 Å². The van der Waals surface area contributed by atoms with E-state index in [0.717, 1.165) is 110 Å². The van der Waals surface area contributed by atoms with Crippen molar-refractivity contribution in [3.8, 4) is 39.9 Å². The molecule has 0 atom stereocenters. The van der Waals surface area contributed by atoms with Gasteiger partial charge in [-0.25, -0.2) is 4.98 Å². The molecule has 0 amide bonds. The van der Waals surface area contributed by atoms with Gasteiger partial charge in [-0.2, -0.15) is 9.97 Å². The molecular formula is C58H38N4O3. The molecule has 0 unspecified atom stereocenters. The normalized spacial score (nSPS) is 11.9. The molecule has 14 rings (SSSR count). The van der Waals surface area contributed by atoms with Crippen LogP contribution in [0.5, 0.6) is 0 Å². The lowest BCUT2D eigenvalue weighted by Crippen LogP contribution is -2.07. The number of furan rings is 3. The molecule has 5 heterocycles. The first-order chi connectivity index (χ1) is 32.1. The Hall–Kier alpha value is -8.55. The van der Waals surface area contributed by atoms with Crippen molar-refractivity contribution in [3.63, 3.8) is 0 Å². The van der Waals surface area contributed by atoms with E-state index < -0.39 is 0 Å². The van der Waals surface area contributed by atoms with Crippen LogP contribution in [-0.4, -0.2) is 19.5 Å². The Morgan fingerprint density at radius 3 is 1.62 bits per heavy atom. The molecule has 5 aromatic heterocycles. The fourth-order valence-electron chi connectivity index (χ4n) is 9.68. The second-order valence-corrected chi connectivity index (χ2v) is 16.6. The maximum Gasteiger partial charge on any atom is 0.238 e. The minimum absolute atomic E-state index is 0.487. The lowest BCUT2D eigenvalue weighted by molar-refractivity contribution is 0.668. The maximum absolute atomic E-state index is 6.81. The van der Waals surface area contributed by atoms with Crippen LogP contribution >= 0.6 is 0 Å². The lowest BCUT2D eigenvalue weighted by Gasteiger charge is -2.13. The van der Waals surface area contributed by atoms with Gasteiger partial charge in [-0.1, -0.05) is 154 Å². The molecule has 0 saturated heterocycles. The lowest BCUT2D eigenvalue weighted by atomic mass is 9.98. The molecule has 0 bridgehead atoms. The van der Waals surface area contributed by atoms with E-state index in [0.29, 0.717) is 17.6 Å². The van der Waals surface area contributed by atoms with Gasteiger partial charge in [-0.05, 0) is 59.3 Å². The van der Waals surface area contributed by atoms with E-state index in [-0.39, 0.29) is 0 Å². The zero-order valence-electron chi connectivity index (χ0n) is 35.5. The van der Waals surface area contributed by atoms with E-state index >= 15 is 0 Å². The third kappa shape index (κ3) is 5.72. The van der Waals surface area contributed by atoms with Gasteiger partial charge in [0.1, 0.15) is 33.5 Å². The number of hydrogen-bond acceptors (Lipinski definition) is 6. The average molecular weight is 839 g/mol. The molecule has 0 aliphatic rings. The first-order valence-electron chi connectivity index (χ1n) is 22.1. The van der Waals surface area contributed by atoms with E-state index in [2.05, 4.69) is 152 Å². The molecule has 65 heavy (non-hydrogen) atoms. The van der Waals surface area contributed by atoms with Crippen LogP contribution in [0.2, 0.25) is 0 Å². The summed E-state index contributed by atoms with van der Waals surface area (Å²) in [7, 11) is 0. The van der Waals surface area contributed by atoms with Gasteiger partial charge in [0.05, 0.1) is 11.0 Å². The van der Waals surface area contributed by atoms with Crippen LogP contribution in [0, 0.1) is 0 Å². The summed E-state index contributed by atoms with van der Waals surface area (Å²) in [6.07, 6.45) is 1.25. The highest BCUT2D eigenvalue weighted by Crippen LogP contribution is 2.44. The average Bonchev–Trinajstić information content (AvgIpc) is 4.12. The summed E-state index contributed by atoms with van der Waals surface area (Å²) >= 11 is 0. The molecule has 0 radical (unpaired) electrons. The summed E-state index contributed by atoms with van der Waals surface area (Å²) in [5.41, 5.74) is 10.4. The van der Waals surface area contributed by atoms with Crippen molar-refractivity contribution in [3.05, 3.63) is 182 Å². The van der Waals surface area contributed by atoms with Crippen LogP contribution in [0.3, 0.4) is 0 Å². The van der Waals surface area contributed by atoms with Gasteiger partial charge < -0.3 is 13.3 Å². The molecule has 9 aromatic carbocycles. The number of rotatable bonds is 4. The number of fused-ring (bicyclic) bond motifs is 14. The summed E-state index contributed by atoms with van der Waals surface area (Å²) in [5.74, 6) is 1.53. The predicted molar refractivity (Wildman–Crippen MR) is 266 cm³/mol. The molecule has 14 aromatic rings. The SMILES string of the molecule is CCC.c1ccc2c(c1)ccc1oc3c(-c4cccc5c6ccccc6n(-c6nc(-c7ccc8c(c7)oc7ccccc78)nc(-c7ccc8c(c7)oc7ccccc78)n6)c45)cccc3c12. The van der Waals surface area contributed by atoms with Crippen LogP contribution in [0.4, 0.5) is 0 Å². The Morgan fingerprint density at radius 1 is 0.400 bits per heavy atom. The summed E-state index contributed by atoms with van der Waals surface area (Å²) in [6, 6.07) is 62.7. The largest absolute Gasteiger partial charge is 0.456 e. The van der Waals surface area contributed by atoms with Crippen LogP contribution in [-0.2, 0) is 0 Å². The highest BCUT2D eigenvalue weighted by molar-refractivity contribution is 6.22. The van der Waals surface area contributed by atoms with Gasteiger partial charge in [0.2, 0.25) is 5.95 Å². The fraction of sp³-hybridized carbons (Fsp3) is 0.0517. The highest BCUT2D eigenvalue weighted by Gasteiger charge is 2.23. The van der Waals surface area contributed by atoms with Gasteiger partial charge in [0.15, 0.2) is 11.6 Å². The van der Waals surface area contributed by atoms with E-state index in [1.807, 2.05) is 48.5 Å².